The fourth-order valence-electron chi connectivity index (χ4n) is 1.36. The molecule has 0 radical (unpaired) electrons. The molecule has 3 nitrogen and oxygen atoms in total. The molecule has 6 heteroatoms. The monoisotopic (exact) mass is 420 g/mol. The number of halogens is 3. The van der Waals surface area contributed by atoms with Gasteiger partial charge in [-0.2, -0.15) is 0 Å². The van der Waals surface area contributed by atoms with Crippen LogP contribution in [0.5, 0.6) is 0 Å². The third-order valence-corrected chi connectivity index (χ3v) is 3.60. The molecule has 88 valence electrons. The van der Waals surface area contributed by atoms with Crippen LogP contribution >= 0.6 is 47.8 Å². The van der Waals surface area contributed by atoms with Crippen LogP contribution in [0.4, 0.5) is 0 Å². The van der Waals surface area contributed by atoms with Crippen molar-refractivity contribution in [1.29, 1.82) is 0 Å². The highest BCUT2D eigenvalue weighted by Gasteiger charge is 2.04. The van der Waals surface area contributed by atoms with E-state index in [1.54, 1.807) is 23.0 Å². The molecule has 17 heavy (non-hydrogen) atoms. The Morgan fingerprint density at radius 2 is 1.94 bits per heavy atom. The molecule has 0 saturated carbocycles. The average Bonchev–Trinajstić information content (AvgIpc) is 2.28. The number of aromatic nitrogens is 2. The first-order valence-electron chi connectivity index (χ1n) is 4.72. The summed E-state index contributed by atoms with van der Waals surface area (Å²) in [6, 6.07) is 5.51. The highest BCUT2D eigenvalue weighted by molar-refractivity contribution is 9.11. The maximum Gasteiger partial charge on any atom is 0.265 e. The molecule has 0 aliphatic rings. The predicted octanol–water partition coefficient (Wildman–Crippen LogP) is 3.58. The molecule has 2 aromatic heterocycles. The van der Waals surface area contributed by atoms with E-state index in [2.05, 4.69) is 52.8 Å². The zero-order valence-electron chi connectivity index (χ0n) is 8.53. The highest BCUT2D eigenvalue weighted by atomic mass is 79.9. The van der Waals surface area contributed by atoms with Gasteiger partial charge in [0, 0.05) is 21.3 Å². The van der Waals surface area contributed by atoms with E-state index < -0.39 is 0 Å². The molecule has 2 rings (SSSR count). The Kier molecular flexibility index (Phi) is 4.17. The van der Waals surface area contributed by atoms with Gasteiger partial charge in [0.1, 0.15) is 0 Å². The minimum Gasteiger partial charge on any atom is -0.307 e. The number of nitrogens with zero attached hydrogens (tertiary/aromatic N) is 2. The molecule has 0 atom stereocenters. The fourth-order valence-corrected chi connectivity index (χ4v) is 2.85. The molecule has 2 aromatic rings. The number of rotatable bonds is 2. The number of hydrogen-bond donors (Lipinski definition) is 0. The second-order valence-corrected chi connectivity index (χ2v) is 6.09. The van der Waals surface area contributed by atoms with Gasteiger partial charge in [-0.15, -0.1) is 0 Å². The van der Waals surface area contributed by atoms with Crippen molar-refractivity contribution in [2.24, 2.45) is 0 Å². The van der Waals surface area contributed by atoms with Crippen LogP contribution in [0.3, 0.4) is 0 Å². The Hall–Kier alpha value is -0.460. The minimum absolute atomic E-state index is 0.0714. The van der Waals surface area contributed by atoms with Crippen molar-refractivity contribution >= 4 is 47.8 Å². The first-order valence-corrected chi connectivity index (χ1v) is 7.10. The molecule has 0 aliphatic carbocycles. The van der Waals surface area contributed by atoms with Crippen molar-refractivity contribution in [3.63, 3.8) is 0 Å². The zero-order chi connectivity index (χ0) is 12.4. The Morgan fingerprint density at radius 3 is 2.59 bits per heavy atom. The summed E-state index contributed by atoms with van der Waals surface area (Å²) in [5.41, 5.74) is 0.762. The summed E-state index contributed by atoms with van der Waals surface area (Å²) in [7, 11) is 0. The van der Waals surface area contributed by atoms with E-state index in [4.69, 9.17) is 0 Å². The Labute approximate surface area is 123 Å². The van der Waals surface area contributed by atoms with Gasteiger partial charge < -0.3 is 4.57 Å². The van der Waals surface area contributed by atoms with Crippen molar-refractivity contribution in [3.05, 3.63) is 60.1 Å². The molecular weight excluding hydrogens is 416 g/mol. The summed E-state index contributed by atoms with van der Waals surface area (Å²) in [5, 5.41) is 0. The summed E-state index contributed by atoms with van der Waals surface area (Å²) in [4.78, 5) is 16.1. The summed E-state index contributed by atoms with van der Waals surface area (Å²) in [6.07, 6.45) is 3.46. The molecule has 0 unspecified atom stereocenters. The van der Waals surface area contributed by atoms with Gasteiger partial charge in [-0.25, -0.2) is 0 Å². The predicted molar refractivity (Wildman–Crippen MR) is 77.1 cm³/mol. The quantitative estimate of drug-likeness (QED) is 0.741. The van der Waals surface area contributed by atoms with Gasteiger partial charge in [0.05, 0.1) is 16.7 Å². The van der Waals surface area contributed by atoms with Gasteiger partial charge in [0.25, 0.3) is 5.56 Å². The van der Waals surface area contributed by atoms with E-state index in [1.165, 1.54) is 0 Å². The van der Waals surface area contributed by atoms with Crippen molar-refractivity contribution in [1.82, 2.24) is 9.55 Å². The molecule has 0 aliphatic heterocycles. The first kappa shape index (κ1) is 13.0. The van der Waals surface area contributed by atoms with Crippen molar-refractivity contribution in [2.75, 3.05) is 0 Å². The van der Waals surface area contributed by atoms with Crippen LogP contribution in [-0.4, -0.2) is 9.55 Å². The Bertz CT molecular complexity index is 593. The van der Waals surface area contributed by atoms with Crippen LogP contribution < -0.4 is 5.56 Å². The standard InChI is InChI=1S/C11H7Br3N2O/c12-7-1-2-9(15-4-7)6-16-5-8(13)3-10(14)11(16)17/h1-5H,6H2. The van der Waals surface area contributed by atoms with E-state index in [9.17, 15) is 4.79 Å². The number of pyridine rings is 2. The second-order valence-electron chi connectivity index (χ2n) is 3.41. The van der Waals surface area contributed by atoms with Gasteiger partial charge >= 0.3 is 0 Å². The van der Waals surface area contributed by atoms with Gasteiger partial charge in [-0.05, 0) is 66.0 Å². The second kappa shape index (κ2) is 5.46. The lowest BCUT2D eigenvalue weighted by Crippen LogP contribution is -2.21. The molecule has 0 saturated heterocycles. The molecule has 0 spiro atoms. The zero-order valence-corrected chi connectivity index (χ0v) is 13.3. The molecular formula is C11H7Br3N2O. The normalized spacial score (nSPS) is 10.5. The molecule has 0 amide bonds. The van der Waals surface area contributed by atoms with Crippen molar-refractivity contribution in [3.8, 4) is 0 Å². The van der Waals surface area contributed by atoms with Crippen LogP contribution in [0, 0.1) is 0 Å². The van der Waals surface area contributed by atoms with Crippen LogP contribution in [-0.2, 0) is 6.54 Å². The van der Waals surface area contributed by atoms with E-state index in [-0.39, 0.29) is 5.56 Å². The summed E-state index contributed by atoms with van der Waals surface area (Å²) >= 11 is 9.91. The third kappa shape index (κ3) is 3.26. The molecule has 0 aromatic carbocycles. The smallest absolute Gasteiger partial charge is 0.265 e. The van der Waals surface area contributed by atoms with E-state index in [0.717, 1.165) is 14.6 Å². The van der Waals surface area contributed by atoms with E-state index in [1.807, 2.05) is 12.1 Å². The van der Waals surface area contributed by atoms with Gasteiger partial charge in [-0.1, -0.05) is 0 Å². The van der Waals surface area contributed by atoms with Crippen LogP contribution in [0.25, 0.3) is 0 Å². The van der Waals surface area contributed by atoms with Gasteiger partial charge in [0.15, 0.2) is 0 Å². The summed E-state index contributed by atoms with van der Waals surface area (Å²) in [5.74, 6) is 0. The fraction of sp³-hybridized carbons (Fsp3) is 0.0909. The van der Waals surface area contributed by atoms with Crippen LogP contribution in [0.1, 0.15) is 5.69 Å². The first-order chi connectivity index (χ1) is 8.06. The lowest BCUT2D eigenvalue weighted by Gasteiger charge is -2.06. The van der Waals surface area contributed by atoms with Crippen LogP contribution in [0.2, 0.25) is 0 Å². The maximum atomic E-state index is 11.9. The van der Waals surface area contributed by atoms with Crippen LogP contribution in [0.15, 0.2) is 48.8 Å². The average molecular weight is 423 g/mol. The molecule has 0 N–H and O–H groups in total. The maximum absolute atomic E-state index is 11.9. The SMILES string of the molecule is O=c1c(Br)cc(Br)cn1Cc1ccc(Br)cn1. The molecule has 0 fully saturated rings. The molecule has 2 heterocycles. The Balaban J connectivity index is 2.36. The highest BCUT2D eigenvalue weighted by Crippen LogP contribution is 2.14. The number of hydrogen-bond acceptors (Lipinski definition) is 2. The van der Waals surface area contributed by atoms with E-state index >= 15 is 0 Å². The largest absolute Gasteiger partial charge is 0.307 e. The topological polar surface area (TPSA) is 34.9 Å². The van der Waals surface area contributed by atoms with E-state index in [0.29, 0.717) is 11.0 Å². The third-order valence-electron chi connectivity index (χ3n) is 2.13. The Morgan fingerprint density at radius 1 is 1.18 bits per heavy atom. The lowest BCUT2D eigenvalue weighted by atomic mass is 10.3. The lowest BCUT2D eigenvalue weighted by molar-refractivity contribution is 0.732. The summed E-state index contributed by atoms with van der Waals surface area (Å²) < 4.78 is 3.90. The van der Waals surface area contributed by atoms with Crippen molar-refractivity contribution in [2.45, 2.75) is 6.54 Å². The minimum atomic E-state index is -0.0714. The van der Waals surface area contributed by atoms with Gasteiger partial charge in [0.2, 0.25) is 0 Å². The molecule has 0 bridgehead atoms. The van der Waals surface area contributed by atoms with Gasteiger partial charge in [-0.3, -0.25) is 9.78 Å². The summed E-state index contributed by atoms with van der Waals surface area (Å²) in [6.45, 7) is 0.449. The van der Waals surface area contributed by atoms with Crippen molar-refractivity contribution < 1.29 is 0 Å².